The molecule has 4 heterocycles. The number of piperazine rings is 1. The number of rotatable bonds is 7. The van der Waals surface area contributed by atoms with Crippen molar-refractivity contribution < 1.29 is 19.1 Å². The Kier molecular flexibility index (Phi) is 10.2. The Bertz CT molecular complexity index is 1440. The van der Waals surface area contributed by atoms with Gasteiger partial charge in [0.25, 0.3) is 0 Å². The van der Waals surface area contributed by atoms with E-state index in [-0.39, 0.29) is 30.1 Å². The van der Waals surface area contributed by atoms with Crippen LogP contribution in [0.25, 0.3) is 0 Å². The van der Waals surface area contributed by atoms with Gasteiger partial charge in [0.05, 0.1) is 36.8 Å². The molecule has 0 aromatic heterocycles. The largest absolute Gasteiger partial charge is 0.479 e. The van der Waals surface area contributed by atoms with E-state index in [1.54, 1.807) is 0 Å². The number of nitrogens with zero attached hydrogens (tertiary/aromatic N) is 4. The van der Waals surface area contributed by atoms with Gasteiger partial charge in [0.2, 0.25) is 5.91 Å². The van der Waals surface area contributed by atoms with Gasteiger partial charge in [-0.05, 0) is 101 Å². The number of nitriles is 1. The second-order valence-electron chi connectivity index (χ2n) is 15.7. The fraction of sp³-hybridized carbons (Fsp3) is 0.718. The van der Waals surface area contributed by atoms with Crippen molar-refractivity contribution in [2.75, 3.05) is 39.8 Å². The smallest absolute Gasteiger partial charge is 0.246 e. The molecule has 10 nitrogen and oxygen atoms in total. The molecule has 3 saturated heterocycles. The molecule has 4 aliphatic heterocycles. The van der Waals surface area contributed by atoms with Crippen molar-refractivity contribution in [1.29, 1.82) is 5.26 Å². The lowest BCUT2D eigenvalue weighted by Crippen LogP contribution is -2.83. The van der Waals surface area contributed by atoms with Gasteiger partial charge < -0.3 is 19.3 Å². The SMILES string of the molecule is C=CC(=O)N1CCN(C2(C3CCCCCC3)NC(OCC3CCCN3C)NC3C(=O)[C@@]4(CCc5ccc(C)cc5O4)CCC32)CC1CC#N. The molecule has 0 radical (unpaired) electrons. The van der Waals surface area contributed by atoms with Gasteiger partial charge in [0.15, 0.2) is 17.7 Å². The van der Waals surface area contributed by atoms with Crippen molar-refractivity contribution in [2.45, 2.75) is 126 Å². The molecule has 266 valence electrons. The molecule has 2 N–H and O–H groups in total. The van der Waals surface area contributed by atoms with Gasteiger partial charge in [-0.15, -0.1) is 0 Å². The predicted octanol–water partition coefficient (Wildman–Crippen LogP) is 4.27. The van der Waals surface area contributed by atoms with Crippen LogP contribution in [0.15, 0.2) is 30.9 Å². The predicted molar refractivity (Wildman–Crippen MR) is 187 cm³/mol. The molecule has 1 spiro atoms. The van der Waals surface area contributed by atoms with E-state index < -0.39 is 23.7 Å². The number of benzene rings is 1. The fourth-order valence-electron chi connectivity index (χ4n) is 10.3. The number of hydrogen-bond donors (Lipinski definition) is 2. The first kappa shape index (κ1) is 34.6. The van der Waals surface area contributed by atoms with E-state index in [2.05, 4.69) is 65.3 Å². The van der Waals surface area contributed by atoms with Gasteiger partial charge in [-0.3, -0.25) is 25.1 Å². The molecule has 0 bridgehead atoms. The summed E-state index contributed by atoms with van der Waals surface area (Å²) in [4.78, 5) is 34.9. The van der Waals surface area contributed by atoms with Crippen LogP contribution < -0.4 is 15.4 Å². The molecule has 2 saturated carbocycles. The van der Waals surface area contributed by atoms with Crippen molar-refractivity contribution in [1.82, 2.24) is 25.3 Å². The van der Waals surface area contributed by atoms with E-state index in [1.807, 2.05) is 4.90 Å². The van der Waals surface area contributed by atoms with Crippen molar-refractivity contribution in [3.8, 4) is 11.8 Å². The van der Waals surface area contributed by atoms with E-state index in [9.17, 15) is 10.1 Å². The van der Waals surface area contributed by atoms with Gasteiger partial charge in [-0.1, -0.05) is 44.4 Å². The molecule has 6 aliphatic rings. The standard InChI is InChI=1S/C39H56N6O4/c1-4-34(46)45-23-22-44(25-30(45)17-20-40)39(29-10-7-5-6-8-11-29)32-16-19-38(18-15-28-14-13-27(2)24-33(28)49-38)36(47)35(32)41-37(42-39)48-26-31-12-9-21-43(31)3/h4,13-14,24,29-32,35,37,41-42H,1,5-12,15-19,21-23,25-26H2,2-3H3/t30?,31?,32?,35?,37?,38-,39?/m1/s1. The lowest BCUT2D eigenvalue weighted by atomic mass is 9.62. The van der Waals surface area contributed by atoms with Crippen molar-refractivity contribution >= 4 is 11.7 Å². The highest BCUT2D eigenvalue weighted by Crippen LogP contribution is 2.51. The van der Waals surface area contributed by atoms with Crippen LogP contribution in [0.2, 0.25) is 0 Å². The maximum atomic E-state index is 15.2. The lowest BCUT2D eigenvalue weighted by molar-refractivity contribution is -0.193. The molecule has 6 unspecified atom stereocenters. The summed E-state index contributed by atoms with van der Waals surface area (Å²) >= 11 is 0. The minimum Gasteiger partial charge on any atom is -0.479 e. The highest BCUT2D eigenvalue weighted by Gasteiger charge is 2.63. The Morgan fingerprint density at radius 3 is 2.65 bits per heavy atom. The van der Waals surface area contributed by atoms with E-state index >= 15 is 4.79 Å². The van der Waals surface area contributed by atoms with Crippen LogP contribution in [-0.4, -0.2) is 102 Å². The maximum absolute atomic E-state index is 15.2. The Balaban J connectivity index is 1.27. The third kappa shape index (κ3) is 6.46. The number of hydrogen-bond acceptors (Lipinski definition) is 9. The Morgan fingerprint density at radius 1 is 1.10 bits per heavy atom. The molecule has 1 aromatic carbocycles. The maximum Gasteiger partial charge on any atom is 0.246 e. The number of Topliss-reactive ketones (excluding diaryl/α,β-unsaturated/α-hetero) is 1. The second-order valence-corrected chi connectivity index (χ2v) is 15.7. The van der Waals surface area contributed by atoms with E-state index in [0.717, 1.165) is 62.8 Å². The summed E-state index contributed by atoms with van der Waals surface area (Å²) in [6.07, 6.45) is 13.3. The second kappa shape index (κ2) is 14.4. The first-order valence-corrected chi connectivity index (χ1v) is 19.0. The Labute approximate surface area is 292 Å². The number of carbonyl (C=O) groups is 2. The molecular formula is C39H56N6O4. The molecule has 7 rings (SSSR count). The topological polar surface area (TPSA) is 110 Å². The summed E-state index contributed by atoms with van der Waals surface area (Å²) < 4.78 is 13.6. The first-order chi connectivity index (χ1) is 23.8. The fourth-order valence-corrected chi connectivity index (χ4v) is 10.3. The summed E-state index contributed by atoms with van der Waals surface area (Å²) in [6, 6.07) is 8.37. The lowest BCUT2D eigenvalue weighted by Gasteiger charge is -2.63. The number of likely N-dealkylation sites (N-methyl/N-ethyl adjacent to an activating group) is 1. The van der Waals surface area contributed by atoms with Crippen LogP contribution >= 0.6 is 0 Å². The normalized spacial score (nSPS) is 36.0. The van der Waals surface area contributed by atoms with E-state index in [0.29, 0.717) is 51.0 Å². The number of nitrogens with one attached hydrogen (secondary N) is 2. The first-order valence-electron chi connectivity index (χ1n) is 19.0. The van der Waals surface area contributed by atoms with Gasteiger partial charge >= 0.3 is 0 Å². The number of amides is 1. The van der Waals surface area contributed by atoms with Gasteiger partial charge in [-0.25, -0.2) is 0 Å². The number of ketones is 1. The molecule has 10 heteroatoms. The number of aryl methyl sites for hydroxylation is 2. The molecule has 7 atom stereocenters. The zero-order valence-corrected chi connectivity index (χ0v) is 29.6. The molecule has 1 amide bonds. The van der Waals surface area contributed by atoms with Gasteiger partial charge in [0.1, 0.15) is 5.75 Å². The van der Waals surface area contributed by atoms with Crippen molar-refractivity contribution in [3.63, 3.8) is 0 Å². The van der Waals surface area contributed by atoms with Gasteiger partial charge in [0, 0.05) is 31.6 Å². The summed E-state index contributed by atoms with van der Waals surface area (Å²) in [5.74, 6) is 1.15. The third-order valence-electron chi connectivity index (χ3n) is 13.0. The van der Waals surface area contributed by atoms with Crippen LogP contribution in [-0.2, 0) is 20.7 Å². The highest BCUT2D eigenvalue weighted by atomic mass is 16.5. The highest BCUT2D eigenvalue weighted by molar-refractivity contribution is 5.94. The van der Waals surface area contributed by atoms with Crippen molar-refractivity contribution in [2.24, 2.45) is 11.8 Å². The van der Waals surface area contributed by atoms with Crippen LogP contribution in [0, 0.1) is 30.1 Å². The zero-order valence-electron chi connectivity index (χ0n) is 29.6. The van der Waals surface area contributed by atoms with Crippen molar-refractivity contribution in [3.05, 3.63) is 42.0 Å². The number of ether oxygens (including phenoxy) is 2. The number of likely N-dealkylation sites (tertiary alicyclic amines) is 1. The van der Waals surface area contributed by atoms with Crippen LogP contribution in [0.3, 0.4) is 0 Å². The van der Waals surface area contributed by atoms with Gasteiger partial charge in [-0.2, -0.15) is 5.26 Å². The number of carbonyl (C=O) groups excluding carboxylic acids is 2. The van der Waals surface area contributed by atoms with E-state index in [4.69, 9.17) is 9.47 Å². The average Bonchev–Trinajstić information content (AvgIpc) is 3.33. The Hall–Kier alpha value is -2.81. The van der Waals surface area contributed by atoms with E-state index in [1.165, 1.54) is 30.9 Å². The molecular weight excluding hydrogens is 616 g/mol. The molecule has 2 aliphatic carbocycles. The third-order valence-corrected chi connectivity index (χ3v) is 13.0. The minimum atomic E-state index is -0.865. The van der Waals surface area contributed by atoms with Crippen LogP contribution in [0.1, 0.15) is 88.2 Å². The molecule has 5 fully saturated rings. The quantitative estimate of drug-likeness (QED) is 0.324. The minimum absolute atomic E-state index is 0.0189. The number of fused-ring (bicyclic) bond motifs is 2. The summed E-state index contributed by atoms with van der Waals surface area (Å²) in [5.41, 5.74) is 0.908. The summed E-state index contributed by atoms with van der Waals surface area (Å²) in [7, 11) is 2.17. The summed E-state index contributed by atoms with van der Waals surface area (Å²) in [6.45, 7) is 9.23. The molecule has 1 aromatic rings. The zero-order chi connectivity index (χ0) is 34.2. The Morgan fingerprint density at radius 2 is 1.92 bits per heavy atom. The monoisotopic (exact) mass is 672 g/mol. The van der Waals surface area contributed by atoms with Crippen LogP contribution in [0.5, 0.6) is 5.75 Å². The summed E-state index contributed by atoms with van der Waals surface area (Å²) in [5, 5.41) is 17.7. The molecule has 49 heavy (non-hydrogen) atoms. The average molecular weight is 673 g/mol. The van der Waals surface area contributed by atoms with Crippen LogP contribution in [0.4, 0.5) is 0 Å².